The van der Waals surface area contributed by atoms with Crippen LogP contribution in [0.3, 0.4) is 0 Å². The second-order valence-electron chi connectivity index (χ2n) is 18.5. The van der Waals surface area contributed by atoms with Crippen LogP contribution >= 0.6 is 0 Å². The normalized spacial score (nSPS) is 21.9. The Hall–Kier alpha value is -6.84. The van der Waals surface area contributed by atoms with Gasteiger partial charge in [0.15, 0.2) is 5.82 Å². The molecule has 4 fully saturated rings. The number of aromatic nitrogens is 2. The summed E-state index contributed by atoms with van der Waals surface area (Å²) in [6.45, 7) is 3.58. The standard InChI is InChI=1S/C47H54F3N11O8/c1-56-36-24-51-46(55-40(36)60(28-7-3-4-8-28)26-47(49,50)45(56)68)53-34-23-33(48)32(22-37(34)69-2)41(64)52-27-14-16-59(25-27)39(63)9-5-6-15-57-17-19-58(20-18-57)29-10-11-30-31(21-29)44(67)61(43(30)66)35-12-13-38(62)54-42(35)65/h10-11,21-24,27-28,35H,3-9,12-20,25-26H2,1-2H3,(H,52,64)(H,51,53,55)(H,54,62,65)/t27-,35?/m1/s1. The van der Waals surface area contributed by atoms with Gasteiger partial charge in [-0.3, -0.25) is 48.7 Å². The maximum Gasteiger partial charge on any atom is 0.342 e. The number of halogens is 3. The van der Waals surface area contributed by atoms with Crippen LogP contribution in [0.1, 0.15) is 95.3 Å². The third-order valence-corrected chi connectivity index (χ3v) is 14.1. The highest BCUT2D eigenvalue weighted by Gasteiger charge is 2.49. The van der Waals surface area contributed by atoms with Gasteiger partial charge in [0.25, 0.3) is 23.6 Å². The van der Waals surface area contributed by atoms with Crippen molar-refractivity contribution in [2.75, 3.05) is 86.5 Å². The van der Waals surface area contributed by atoms with E-state index in [0.717, 1.165) is 60.5 Å². The fourth-order valence-electron chi connectivity index (χ4n) is 10.2. The van der Waals surface area contributed by atoms with Crippen molar-refractivity contribution in [1.82, 2.24) is 35.3 Å². The van der Waals surface area contributed by atoms with Gasteiger partial charge < -0.3 is 35.0 Å². The fourth-order valence-corrected chi connectivity index (χ4v) is 10.2. The Labute approximate surface area is 395 Å². The van der Waals surface area contributed by atoms with E-state index < -0.39 is 65.8 Å². The third kappa shape index (κ3) is 9.49. The molecule has 6 heterocycles. The van der Waals surface area contributed by atoms with Gasteiger partial charge in [-0.15, -0.1) is 0 Å². The molecular formula is C47H54F3N11O8. The zero-order valence-electron chi connectivity index (χ0n) is 38.4. The summed E-state index contributed by atoms with van der Waals surface area (Å²) in [5.41, 5.74) is 1.21. The number of alkyl halides is 2. The number of fused-ring (bicyclic) bond motifs is 2. The predicted octanol–water partition coefficient (Wildman–Crippen LogP) is 3.45. The van der Waals surface area contributed by atoms with E-state index in [1.807, 2.05) is 0 Å². The Bertz CT molecular complexity index is 2590. The molecule has 5 aliphatic heterocycles. The molecule has 1 unspecified atom stereocenters. The molecular weight excluding hydrogens is 904 g/mol. The van der Waals surface area contributed by atoms with Gasteiger partial charge in [-0.1, -0.05) is 12.8 Å². The average molecular weight is 958 g/mol. The molecule has 6 aliphatic rings. The van der Waals surface area contributed by atoms with Crippen LogP contribution in [0.25, 0.3) is 0 Å². The second kappa shape index (κ2) is 19.3. The number of hydrogen-bond donors (Lipinski definition) is 3. The number of unbranched alkanes of at least 4 members (excludes halogenated alkanes) is 1. The van der Waals surface area contributed by atoms with E-state index >= 15 is 13.2 Å². The molecule has 9 rings (SSSR count). The number of carbonyl (C=O) groups excluding carboxylic acids is 7. The number of ether oxygens (including phenoxy) is 1. The van der Waals surface area contributed by atoms with Crippen molar-refractivity contribution in [3.63, 3.8) is 0 Å². The first kappa shape index (κ1) is 47.2. The van der Waals surface area contributed by atoms with E-state index in [0.29, 0.717) is 51.7 Å². The Morgan fingerprint density at radius 2 is 1.68 bits per heavy atom. The Morgan fingerprint density at radius 1 is 0.928 bits per heavy atom. The summed E-state index contributed by atoms with van der Waals surface area (Å²) in [7, 11) is 2.60. The lowest BCUT2D eigenvalue weighted by molar-refractivity contribution is -0.140. The van der Waals surface area contributed by atoms with E-state index in [9.17, 15) is 33.6 Å². The molecule has 2 atom stereocenters. The van der Waals surface area contributed by atoms with E-state index in [2.05, 4.69) is 35.7 Å². The van der Waals surface area contributed by atoms with Crippen LogP contribution in [0, 0.1) is 5.82 Å². The molecule has 3 aromatic rings. The van der Waals surface area contributed by atoms with Gasteiger partial charge in [-0.2, -0.15) is 13.8 Å². The number of carbonyl (C=O) groups is 7. The number of imide groups is 2. The number of anilines is 5. The predicted molar refractivity (Wildman–Crippen MR) is 244 cm³/mol. The summed E-state index contributed by atoms with van der Waals surface area (Å²) in [5, 5.41) is 7.96. The number of amides is 7. The monoisotopic (exact) mass is 957 g/mol. The molecule has 22 heteroatoms. The largest absolute Gasteiger partial charge is 0.495 e. The number of rotatable bonds is 13. The first-order valence-electron chi connectivity index (χ1n) is 23.5. The average Bonchev–Trinajstić information content (AvgIpc) is 4.09. The van der Waals surface area contributed by atoms with Crippen LogP contribution in [-0.2, 0) is 19.2 Å². The molecule has 1 saturated carbocycles. The molecule has 7 amide bonds. The molecule has 19 nitrogen and oxygen atoms in total. The number of nitrogens with one attached hydrogen (secondary N) is 3. The second-order valence-corrected chi connectivity index (χ2v) is 18.5. The zero-order chi connectivity index (χ0) is 48.7. The molecule has 1 aromatic heterocycles. The Kier molecular flexibility index (Phi) is 13.2. The molecule has 3 saturated heterocycles. The summed E-state index contributed by atoms with van der Waals surface area (Å²) in [6.07, 6.45) is 6.77. The van der Waals surface area contributed by atoms with Gasteiger partial charge in [0.05, 0.1) is 42.2 Å². The number of methoxy groups -OCH3 is 1. The molecule has 0 radical (unpaired) electrons. The molecule has 1 aliphatic carbocycles. The van der Waals surface area contributed by atoms with Crippen molar-refractivity contribution in [3.8, 4) is 5.75 Å². The first-order chi connectivity index (χ1) is 33.1. The molecule has 2 aromatic carbocycles. The highest BCUT2D eigenvalue weighted by molar-refractivity contribution is 6.23. The maximum absolute atomic E-state index is 15.7. The fraction of sp³-hybridized carbons (Fsp3) is 0.511. The van der Waals surface area contributed by atoms with Crippen molar-refractivity contribution in [1.29, 1.82) is 0 Å². The van der Waals surface area contributed by atoms with Gasteiger partial charge in [-0.05, 0) is 69.3 Å². The van der Waals surface area contributed by atoms with Crippen LogP contribution in [0.15, 0.2) is 36.5 Å². The van der Waals surface area contributed by atoms with Gasteiger partial charge in [0, 0.05) is 83.0 Å². The number of nitrogens with zero attached hydrogens (tertiary/aromatic N) is 8. The van der Waals surface area contributed by atoms with Crippen molar-refractivity contribution in [2.24, 2.45) is 0 Å². The van der Waals surface area contributed by atoms with Gasteiger partial charge in [0.2, 0.25) is 23.7 Å². The molecule has 366 valence electrons. The zero-order valence-corrected chi connectivity index (χ0v) is 38.4. The van der Waals surface area contributed by atoms with Crippen molar-refractivity contribution >= 4 is 70.2 Å². The lowest BCUT2D eigenvalue weighted by atomic mass is 10.0. The minimum absolute atomic E-state index is 0.0287. The highest BCUT2D eigenvalue weighted by atomic mass is 19.3. The van der Waals surface area contributed by atoms with Gasteiger partial charge >= 0.3 is 5.92 Å². The number of piperidine rings is 1. The van der Waals surface area contributed by atoms with Gasteiger partial charge in [0.1, 0.15) is 23.3 Å². The highest BCUT2D eigenvalue weighted by Crippen LogP contribution is 2.40. The lowest BCUT2D eigenvalue weighted by Gasteiger charge is -2.36. The van der Waals surface area contributed by atoms with E-state index in [-0.39, 0.29) is 76.9 Å². The SMILES string of the molecule is COc1cc(C(=O)N[C@@H]2CCN(C(=O)CCCCN3CCN(c4ccc5c(c4)C(=O)N(C4CCC(=O)NC4=O)C5=O)CC3)C2)c(F)cc1Nc1ncc2c(n1)N(C1CCCC1)CC(F)(F)C(=O)N2C. The smallest absolute Gasteiger partial charge is 0.342 e. The quantitative estimate of drug-likeness (QED) is 0.166. The minimum Gasteiger partial charge on any atom is -0.495 e. The van der Waals surface area contributed by atoms with Gasteiger partial charge in [-0.25, -0.2) is 9.37 Å². The first-order valence-corrected chi connectivity index (χ1v) is 23.5. The lowest BCUT2D eigenvalue weighted by Crippen LogP contribution is -2.54. The summed E-state index contributed by atoms with van der Waals surface area (Å²) in [5.74, 6) is -8.56. The summed E-state index contributed by atoms with van der Waals surface area (Å²) >= 11 is 0. The molecule has 0 bridgehead atoms. The summed E-state index contributed by atoms with van der Waals surface area (Å²) in [6, 6.07) is 5.76. The van der Waals surface area contributed by atoms with Crippen LogP contribution in [0.5, 0.6) is 5.75 Å². The third-order valence-electron chi connectivity index (χ3n) is 14.1. The summed E-state index contributed by atoms with van der Waals surface area (Å²) < 4.78 is 51.3. The van der Waals surface area contributed by atoms with Crippen molar-refractivity contribution < 1.29 is 51.5 Å². The van der Waals surface area contributed by atoms with Crippen LogP contribution in [0.2, 0.25) is 0 Å². The summed E-state index contributed by atoms with van der Waals surface area (Å²) in [4.78, 5) is 108. The maximum atomic E-state index is 15.7. The Balaban J connectivity index is 0.728. The number of benzene rings is 2. The van der Waals surface area contributed by atoms with Crippen LogP contribution < -0.4 is 35.4 Å². The topological polar surface area (TPSA) is 210 Å². The van der Waals surface area contributed by atoms with Crippen molar-refractivity contribution in [3.05, 3.63) is 59.0 Å². The molecule has 3 N–H and O–H groups in total. The van der Waals surface area contributed by atoms with Crippen LogP contribution in [-0.4, -0.2) is 157 Å². The molecule has 0 spiro atoms. The Morgan fingerprint density at radius 3 is 2.42 bits per heavy atom. The van der Waals surface area contributed by atoms with Crippen molar-refractivity contribution in [2.45, 2.75) is 88.3 Å². The van der Waals surface area contributed by atoms with E-state index in [1.54, 1.807) is 23.1 Å². The minimum atomic E-state index is -3.65. The number of likely N-dealkylation sites (tertiary alicyclic amines) is 1. The number of hydrogen-bond acceptors (Lipinski definition) is 14. The van der Waals surface area contributed by atoms with E-state index in [1.165, 1.54) is 31.3 Å². The van der Waals surface area contributed by atoms with E-state index in [4.69, 9.17) is 4.74 Å². The van der Waals surface area contributed by atoms with Crippen LogP contribution in [0.4, 0.5) is 42.0 Å². The molecule has 69 heavy (non-hydrogen) atoms. The number of piperazine rings is 1.